The van der Waals surface area contributed by atoms with Gasteiger partial charge in [0.2, 0.25) is 0 Å². The molecule has 324 valence electrons. The molecule has 1 nitrogen and oxygen atoms in total. The Hall–Kier alpha value is -7.71. The zero-order valence-corrected chi connectivity index (χ0v) is 35.6. The van der Waals surface area contributed by atoms with Crippen molar-refractivity contribution >= 4 is 21.8 Å². The maximum atomic E-state index is 15.8. The average Bonchev–Trinajstić information content (AvgIpc) is 3.64. The smallest absolute Gasteiger partial charge is 0.306 e. The van der Waals surface area contributed by atoms with Crippen LogP contribution >= 0.6 is 0 Å². The normalized spacial score (nSPS) is 12.0. The fraction of sp³-hybridized carbons (Fsp3) is 0.0690. The summed E-state index contributed by atoms with van der Waals surface area (Å²) >= 11 is 0. The number of rotatable bonds is 7. The third-order valence-corrected chi connectivity index (χ3v) is 12.4. The van der Waals surface area contributed by atoms with E-state index in [0.29, 0.717) is 50.1 Å². The first kappa shape index (κ1) is 42.3. The van der Waals surface area contributed by atoms with Gasteiger partial charge in [-0.25, -0.2) is 4.39 Å². The highest BCUT2D eigenvalue weighted by molar-refractivity contribution is 6.12. The van der Waals surface area contributed by atoms with Gasteiger partial charge >= 0.3 is 12.4 Å². The fourth-order valence-corrected chi connectivity index (χ4v) is 9.24. The molecule has 10 aromatic rings. The van der Waals surface area contributed by atoms with Gasteiger partial charge in [-0.05, 0) is 177 Å². The molecule has 66 heavy (non-hydrogen) atoms. The van der Waals surface area contributed by atoms with E-state index in [2.05, 4.69) is 0 Å². The summed E-state index contributed by atoms with van der Waals surface area (Å²) in [6, 6.07) is 55.6. The number of alkyl halides is 6. The first-order valence-corrected chi connectivity index (χ1v) is 21.3. The zero-order chi connectivity index (χ0) is 45.9. The molecular weight excluding hydrogens is 844 g/mol. The standard InChI is InChI=1S/C58H38F7N/c1-35-13-3-5-15-45(35)41-27-39(29-43(31-41)47-17-7-9-19-51(47)57(60,61)62)37-23-25-54-49(33-37)50-34-38(24-26-55(50)66(54)56-22-12-11-21-53(56)59)40-28-42(46-16-6-4-14-36(46)2)32-44(30-40)48-18-8-10-20-52(48)58(63,64)65/h3-34H,1-2H3. The number of hydrogen-bond acceptors (Lipinski definition) is 0. The second-order valence-electron chi connectivity index (χ2n) is 16.6. The Kier molecular flexibility index (Phi) is 10.5. The summed E-state index contributed by atoms with van der Waals surface area (Å²) in [5.41, 5.74) is 9.00. The number of hydrogen-bond donors (Lipinski definition) is 0. The molecule has 0 bridgehead atoms. The second-order valence-corrected chi connectivity index (χ2v) is 16.6. The Morgan fingerprint density at radius 1 is 0.333 bits per heavy atom. The predicted molar refractivity (Wildman–Crippen MR) is 253 cm³/mol. The molecule has 0 saturated heterocycles. The van der Waals surface area contributed by atoms with Gasteiger partial charge < -0.3 is 4.57 Å². The van der Waals surface area contributed by atoms with Crippen LogP contribution in [0.1, 0.15) is 22.3 Å². The van der Waals surface area contributed by atoms with Gasteiger partial charge in [0.25, 0.3) is 0 Å². The Morgan fingerprint density at radius 3 is 1.09 bits per heavy atom. The van der Waals surface area contributed by atoms with E-state index in [4.69, 9.17) is 0 Å². The van der Waals surface area contributed by atoms with Crippen LogP contribution in [0.4, 0.5) is 30.7 Å². The molecule has 8 heteroatoms. The van der Waals surface area contributed by atoms with Crippen LogP contribution in [0, 0.1) is 19.7 Å². The predicted octanol–water partition coefficient (Wildman–Crippen LogP) is 17.6. The van der Waals surface area contributed by atoms with Crippen LogP contribution in [-0.2, 0) is 12.4 Å². The van der Waals surface area contributed by atoms with E-state index < -0.39 is 29.3 Å². The number of para-hydroxylation sites is 1. The van der Waals surface area contributed by atoms with Crippen molar-refractivity contribution < 1.29 is 30.7 Å². The molecule has 0 atom stereocenters. The van der Waals surface area contributed by atoms with Crippen molar-refractivity contribution in [3.05, 3.63) is 222 Å². The Labute approximate surface area is 376 Å². The summed E-state index contributed by atoms with van der Waals surface area (Å²) in [7, 11) is 0. The van der Waals surface area contributed by atoms with Crippen molar-refractivity contribution in [2.75, 3.05) is 0 Å². The number of fused-ring (bicyclic) bond motifs is 3. The van der Waals surface area contributed by atoms with E-state index in [1.165, 1.54) is 30.3 Å². The van der Waals surface area contributed by atoms with Crippen LogP contribution in [0.5, 0.6) is 0 Å². The van der Waals surface area contributed by atoms with Crippen molar-refractivity contribution in [3.8, 4) is 72.4 Å². The molecule has 0 amide bonds. The van der Waals surface area contributed by atoms with Crippen molar-refractivity contribution in [2.24, 2.45) is 0 Å². The number of halogens is 7. The van der Waals surface area contributed by atoms with E-state index in [9.17, 15) is 26.3 Å². The molecular formula is C58H38F7N. The largest absolute Gasteiger partial charge is 0.417 e. The lowest BCUT2D eigenvalue weighted by atomic mass is 9.89. The van der Waals surface area contributed by atoms with Gasteiger partial charge in [-0.2, -0.15) is 26.3 Å². The molecule has 0 fully saturated rings. The summed E-state index contributed by atoms with van der Waals surface area (Å²) < 4.78 is 105. The number of nitrogens with zero attached hydrogens (tertiary/aromatic N) is 1. The molecule has 0 unspecified atom stereocenters. The highest BCUT2D eigenvalue weighted by Gasteiger charge is 2.34. The van der Waals surface area contributed by atoms with Crippen LogP contribution in [-0.4, -0.2) is 4.57 Å². The maximum absolute atomic E-state index is 15.8. The van der Waals surface area contributed by atoms with Gasteiger partial charge in [0.1, 0.15) is 5.82 Å². The summed E-state index contributed by atoms with van der Waals surface area (Å²) in [5, 5.41) is 1.48. The summed E-state index contributed by atoms with van der Waals surface area (Å²) in [6.45, 7) is 3.92. The van der Waals surface area contributed by atoms with Gasteiger partial charge in [-0.15, -0.1) is 0 Å². The molecule has 1 aromatic heterocycles. The van der Waals surface area contributed by atoms with Gasteiger partial charge in [-0.3, -0.25) is 0 Å². The molecule has 0 aliphatic rings. The molecule has 0 aliphatic heterocycles. The van der Waals surface area contributed by atoms with Crippen molar-refractivity contribution in [1.29, 1.82) is 0 Å². The van der Waals surface area contributed by atoms with Crippen molar-refractivity contribution in [3.63, 3.8) is 0 Å². The van der Waals surface area contributed by atoms with E-state index in [-0.39, 0.29) is 11.1 Å². The lowest BCUT2D eigenvalue weighted by molar-refractivity contribution is -0.137. The summed E-state index contributed by atoms with van der Waals surface area (Å²) in [4.78, 5) is 0. The van der Waals surface area contributed by atoms with Crippen LogP contribution in [0.25, 0.3) is 94.3 Å². The van der Waals surface area contributed by atoms with Crippen LogP contribution in [0.3, 0.4) is 0 Å². The van der Waals surface area contributed by atoms with Crippen molar-refractivity contribution in [2.45, 2.75) is 26.2 Å². The van der Waals surface area contributed by atoms with E-state index >= 15 is 4.39 Å². The summed E-state index contributed by atoms with van der Waals surface area (Å²) in [6.07, 6.45) is -9.19. The number of benzene rings is 9. The number of aryl methyl sites for hydroxylation is 2. The first-order chi connectivity index (χ1) is 31.7. The van der Waals surface area contributed by atoms with E-state index in [1.807, 2.05) is 115 Å². The monoisotopic (exact) mass is 881 g/mol. The Morgan fingerprint density at radius 2 is 0.682 bits per heavy atom. The molecule has 0 N–H and O–H groups in total. The summed E-state index contributed by atoms with van der Waals surface area (Å²) in [5.74, 6) is -0.442. The third-order valence-electron chi connectivity index (χ3n) is 12.4. The van der Waals surface area contributed by atoms with E-state index in [0.717, 1.165) is 56.3 Å². The van der Waals surface area contributed by atoms with Gasteiger partial charge in [0, 0.05) is 10.8 Å². The average molecular weight is 882 g/mol. The maximum Gasteiger partial charge on any atom is 0.417 e. The molecule has 1 heterocycles. The molecule has 0 spiro atoms. The fourth-order valence-electron chi connectivity index (χ4n) is 9.24. The van der Waals surface area contributed by atoms with E-state index in [1.54, 1.807) is 54.6 Å². The topological polar surface area (TPSA) is 4.93 Å². The van der Waals surface area contributed by atoms with Crippen LogP contribution < -0.4 is 0 Å². The second kappa shape index (κ2) is 16.4. The lowest BCUT2D eigenvalue weighted by Gasteiger charge is -2.16. The Bertz CT molecular complexity index is 3290. The molecule has 0 aliphatic carbocycles. The first-order valence-electron chi connectivity index (χ1n) is 21.3. The minimum Gasteiger partial charge on any atom is -0.306 e. The molecule has 0 saturated carbocycles. The van der Waals surface area contributed by atoms with Crippen molar-refractivity contribution in [1.82, 2.24) is 4.57 Å². The molecule has 9 aromatic carbocycles. The molecule has 0 radical (unpaired) electrons. The minimum absolute atomic E-state index is 0.0497. The highest BCUT2D eigenvalue weighted by atomic mass is 19.4. The zero-order valence-electron chi connectivity index (χ0n) is 35.6. The Balaban J connectivity index is 1.23. The molecule has 10 rings (SSSR count). The van der Waals surface area contributed by atoms with Gasteiger partial charge in [0.05, 0.1) is 27.8 Å². The SMILES string of the molecule is Cc1ccccc1-c1cc(-c2ccc3c(c2)c2cc(-c4cc(-c5ccccc5C)cc(-c5ccccc5C(F)(F)F)c4)ccc2n3-c2ccccc2F)cc(-c2ccccc2C(F)(F)F)c1. The quantitative estimate of drug-likeness (QED) is 0.141. The highest BCUT2D eigenvalue weighted by Crippen LogP contribution is 2.44. The minimum atomic E-state index is -4.59. The van der Waals surface area contributed by atoms with Gasteiger partial charge in [-0.1, -0.05) is 109 Å². The van der Waals surface area contributed by atoms with Crippen LogP contribution in [0.2, 0.25) is 0 Å². The third kappa shape index (κ3) is 7.72. The van der Waals surface area contributed by atoms with Gasteiger partial charge in [0.15, 0.2) is 0 Å². The number of aromatic nitrogens is 1. The lowest BCUT2D eigenvalue weighted by Crippen LogP contribution is -2.07. The van der Waals surface area contributed by atoms with Crippen LogP contribution in [0.15, 0.2) is 194 Å².